The molecule has 0 bridgehead atoms. The zero-order valence-corrected chi connectivity index (χ0v) is 7.40. The molecule has 0 aliphatic heterocycles. The number of aliphatic hydroxyl groups excluding tert-OH is 1. The zero-order chi connectivity index (χ0) is 8.27. The van der Waals surface area contributed by atoms with E-state index in [0.717, 1.165) is 0 Å². The molecule has 0 saturated carbocycles. The summed E-state index contributed by atoms with van der Waals surface area (Å²) in [6.07, 6.45) is 0.654. The molecular weight excluding hydrogens is 158 g/mol. The molecule has 11 heavy (non-hydrogen) atoms. The fourth-order valence-corrected chi connectivity index (χ4v) is 2.00. The van der Waals surface area contributed by atoms with Gasteiger partial charge in [0.25, 0.3) is 0 Å². The minimum atomic E-state index is 0.0139. The lowest BCUT2D eigenvalue weighted by molar-refractivity contribution is 0.277. The van der Waals surface area contributed by atoms with Gasteiger partial charge in [-0.25, -0.2) is 0 Å². The summed E-state index contributed by atoms with van der Waals surface area (Å²) < 4.78 is 0. The van der Waals surface area contributed by atoms with E-state index in [1.807, 2.05) is 12.3 Å². The van der Waals surface area contributed by atoms with Crippen molar-refractivity contribution in [2.75, 3.05) is 6.61 Å². The highest BCUT2D eigenvalue weighted by molar-refractivity contribution is 7.10. The number of hydrogen-bond donors (Lipinski definition) is 2. The van der Waals surface area contributed by atoms with Crippen molar-refractivity contribution < 1.29 is 5.11 Å². The number of nitrogens with two attached hydrogens (primary N) is 1. The third-order valence-corrected chi connectivity index (χ3v) is 2.83. The molecule has 3 heteroatoms. The van der Waals surface area contributed by atoms with Crippen LogP contribution in [-0.2, 0) is 0 Å². The van der Waals surface area contributed by atoms with Crippen molar-refractivity contribution in [1.82, 2.24) is 0 Å². The van der Waals surface area contributed by atoms with E-state index in [2.05, 4.69) is 6.07 Å². The lowest BCUT2D eigenvalue weighted by atomic mass is 10.1. The highest BCUT2D eigenvalue weighted by Crippen LogP contribution is 2.23. The Balaban J connectivity index is 2.67. The summed E-state index contributed by atoms with van der Waals surface area (Å²) in [4.78, 5) is 1.19. The average Bonchev–Trinajstić information content (AvgIpc) is 2.36. The molecule has 1 atom stereocenters. The second kappa shape index (κ2) is 3.85. The minimum Gasteiger partial charge on any atom is -0.396 e. The Morgan fingerprint density at radius 2 is 2.45 bits per heavy atom. The molecule has 0 saturated heterocycles. The first-order chi connectivity index (χ1) is 5.25. The van der Waals surface area contributed by atoms with E-state index in [9.17, 15) is 0 Å². The molecular formula is C8H13NOS. The van der Waals surface area contributed by atoms with E-state index in [-0.39, 0.29) is 12.6 Å². The monoisotopic (exact) mass is 171 g/mol. The van der Waals surface area contributed by atoms with Crippen molar-refractivity contribution >= 4 is 11.3 Å². The van der Waals surface area contributed by atoms with Crippen LogP contribution >= 0.6 is 11.3 Å². The van der Waals surface area contributed by atoms with Crippen LogP contribution in [0.25, 0.3) is 0 Å². The highest BCUT2D eigenvalue weighted by atomic mass is 32.1. The van der Waals surface area contributed by atoms with Gasteiger partial charge in [-0.05, 0) is 30.4 Å². The molecule has 2 nitrogen and oxygen atoms in total. The maximum Gasteiger partial charge on any atom is 0.0449 e. The van der Waals surface area contributed by atoms with Crippen LogP contribution in [0.2, 0.25) is 0 Å². The van der Waals surface area contributed by atoms with Gasteiger partial charge in [-0.1, -0.05) is 0 Å². The quantitative estimate of drug-likeness (QED) is 0.723. The molecule has 3 N–H and O–H groups in total. The van der Waals surface area contributed by atoms with Crippen LogP contribution in [0.1, 0.15) is 22.9 Å². The van der Waals surface area contributed by atoms with E-state index < -0.39 is 0 Å². The Hall–Kier alpha value is -0.380. The summed E-state index contributed by atoms with van der Waals surface area (Å²) in [5.74, 6) is 0. The fourth-order valence-electron chi connectivity index (χ4n) is 1.03. The van der Waals surface area contributed by atoms with Crippen molar-refractivity contribution in [2.45, 2.75) is 19.4 Å². The van der Waals surface area contributed by atoms with Crippen LogP contribution in [-0.4, -0.2) is 11.7 Å². The third kappa shape index (κ3) is 2.02. The Morgan fingerprint density at radius 3 is 2.91 bits per heavy atom. The predicted octanol–water partition coefficient (Wildman–Crippen LogP) is 1.44. The standard InChI is InChI=1S/C8H13NOS/c1-6-3-5-11-8(6)7(9)2-4-10/h3,5,7,10H,2,4,9H2,1H3/t7-/m1/s1. The van der Waals surface area contributed by atoms with Crippen LogP contribution < -0.4 is 5.73 Å². The van der Waals surface area contributed by atoms with Gasteiger partial charge in [0.1, 0.15) is 0 Å². The van der Waals surface area contributed by atoms with Crippen LogP contribution in [0, 0.1) is 6.92 Å². The summed E-state index contributed by atoms with van der Waals surface area (Å²) in [5.41, 5.74) is 7.03. The number of thiophene rings is 1. The van der Waals surface area contributed by atoms with Crippen molar-refractivity contribution in [1.29, 1.82) is 0 Å². The van der Waals surface area contributed by atoms with E-state index in [1.165, 1.54) is 10.4 Å². The predicted molar refractivity (Wildman–Crippen MR) is 47.7 cm³/mol. The normalized spacial score (nSPS) is 13.4. The molecule has 1 aromatic heterocycles. The smallest absolute Gasteiger partial charge is 0.0449 e. The van der Waals surface area contributed by atoms with Crippen LogP contribution in [0.3, 0.4) is 0 Å². The number of rotatable bonds is 3. The first-order valence-corrected chi connectivity index (χ1v) is 4.54. The Labute approximate surface area is 70.7 Å². The highest BCUT2D eigenvalue weighted by Gasteiger charge is 2.08. The van der Waals surface area contributed by atoms with Crippen molar-refractivity contribution in [2.24, 2.45) is 5.73 Å². The SMILES string of the molecule is Cc1ccsc1[C@H](N)CCO. The molecule has 0 unspecified atom stereocenters. The topological polar surface area (TPSA) is 46.2 Å². The second-order valence-corrected chi connectivity index (χ2v) is 3.53. The first kappa shape index (κ1) is 8.71. The summed E-state index contributed by atoms with van der Waals surface area (Å²) in [5, 5.41) is 10.7. The van der Waals surface area contributed by atoms with Gasteiger partial charge in [0.05, 0.1) is 0 Å². The van der Waals surface area contributed by atoms with Gasteiger partial charge >= 0.3 is 0 Å². The van der Waals surface area contributed by atoms with Gasteiger partial charge in [-0.15, -0.1) is 11.3 Å². The van der Waals surface area contributed by atoms with E-state index >= 15 is 0 Å². The Bertz CT molecular complexity index is 222. The zero-order valence-electron chi connectivity index (χ0n) is 6.58. The second-order valence-electron chi connectivity index (χ2n) is 2.59. The molecule has 0 fully saturated rings. The largest absolute Gasteiger partial charge is 0.396 e. The lowest BCUT2D eigenvalue weighted by Gasteiger charge is -2.07. The molecule has 62 valence electrons. The first-order valence-electron chi connectivity index (χ1n) is 3.66. The lowest BCUT2D eigenvalue weighted by Crippen LogP contribution is -2.11. The molecule has 0 aliphatic rings. The van der Waals surface area contributed by atoms with Crippen LogP contribution in [0.5, 0.6) is 0 Å². The summed E-state index contributed by atoms with van der Waals surface area (Å²) in [7, 11) is 0. The van der Waals surface area contributed by atoms with Crippen molar-refractivity contribution in [3.05, 3.63) is 21.9 Å². The third-order valence-electron chi connectivity index (χ3n) is 1.68. The molecule has 0 radical (unpaired) electrons. The maximum absolute atomic E-state index is 8.65. The van der Waals surface area contributed by atoms with E-state index in [4.69, 9.17) is 10.8 Å². The van der Waals surface area contributed by atoms with E-state index in [0.29, 0.717) is 6.42 Å². The van der Waals surface area contributed by atoms with Gasteiger partial charge in [0.2, 0.25) is 0 Å². The molecule has 0 aliphatic carbocycles. The number of aryl methyl sites for hydroxylation is 1. The van der Waals surface area contributed by atoms with Crippen LogP contribution in [0.15, 0.2) is 11.4 Å². The Kier molecular flexibility index (Phi) is 3.05. The molecule has 0 spiro atoms. The van der Waals surface area contributed by atoms with Crippen molar-refractivity contribution in [3.63, 3.8) is 0 Å². The number of hydrogen-bond acceptors (Lipinski definition) is 3. The average molecular weight is 171 g/mol. The van der Waals surface area contributed by atoms with Gasteiger partial charge in [0.15, 0.2) is 0 Å². The Morgan fingerprint density at radius 1 is 1.73 bits per heavy atom. The van der Waals surface area contributed by atoms with Crippen LogP contribution in [0.4, 0.5) is 0 Å². The van der Waals surface area contributed by atoms with Crippen molar-refractivity contribution in [3.8, 4) is 0 Å². The summed E-state index contributed by atoms with van der Waals surface area (Å²) in [6, 6.07) is 2.07. The summed E-state index contributed by atoms with van der Waals surface area (Å²) >= 11 is 1.66. The van der Waals surface area contributed by atoms with Gasteiger partial charge in [0, 0.05) is 17.5 Å². The molecule has 1 rings (SSSR count). The molecule has 1 heterocycles. The molecule has 0 aromatic carbocycles. The fraction of sp³-hybridized carbons (Fsp3) is 0.500. The summed E-state index contributed by atoms with van der Waals surface area (Å²) in [6.45, 7) is 2.21. The van der Waals surface area contributed by atoms with E-state index in [1.54, 1.807) is 11.3 Å². The number of aliphatic hydroxyl groups is 1. The van der Waals surface area contributed by atoms with Gasteiger partial charge < -0.3 is 10.8 Å². The van der Waals surface area contributed by atoms with Gasteiger partial charge in [-0.3, -0.25) is 0 Å². The molecule has 1 aromatic rings. The minimum absolute atomic E-state index is 0.0139. The van der Waals surface area contributed by atoms with Gasteiger partial charge in [-0.2, -0.15) is 0 Å². The molecule has 0 amide bonds. The maximum atomic E-state index is 8.65.